The van der Waals surface area contributed by atoms with Crippen LogP contribution in [0.3, 0.4) is 0 Å². The second-order valence-electron chi connectivity index (χ2n) is 6.13. The molecule has 0 amide bonds. The first-order valence-electron chi connectivity index (χ1n) is 8.26. The number of Topliss-reactive ketones (excluding diaryl/α,β-unsaturated/α-hetero) is 1. The SMILES string of the molecule is CC(=O)c1ccc(S(=O)(=O)N2CCN(CCn3ccnc3)CC2)cc1. The Labute approximate surface area is 147 Å². The van der Waals surface area contributed by atoms with Crippen LogP contribution in [0.4, 0.5) is 0 Å². The summed E-state index contributed by atoms with van der Waals surface area (Å²) in [5.74, 6) is -0.0737. The Balaban J connectivity index is 1.58. The number of ketones is 1. The van der Waals surface area contributed by atoms with E-state index < -0.39 is 10.0 Å². The molecule has 7 nitrogen and oxygen atoms in total. The maximum Gasteiger partial charge on any atom is 0.243 e. The molecule has 0 bridgehead atoms. The molecule has 1 aliphatic heterocycles. The third-order valence-electron chi connectivity index (χ3n) is 4.46. The number of carbonyl (C=O) groups excluding carboxylic acids is 1. The van der Waals surface area contributed by atoms with Crippen LogP contribution in [0, 0.1) is 0 Å². The minimum absolute atomic E-state index is 0.0737. The van der Waals surface area contributed by atoms with E-state index in [1.54, 1.807) is 24.7 Å². The first kappa shape index (κ1) is 17.8. The van der Waals surface area contributed by atoms with E-state index in [0.29, 0.717) is 31.7 Å². The molecule has 0 N–H and O–H groups in total. The van der Waals surface area contributed by atoms with Crippen molar-refractivity contribution in [3.05, 3.63) is 48.5 Å². The van der Waals surface area contributed by atoms with E-state index in [1.165, 1.54) is 23.4 Å². The van der Waals surface area contributed by atoms with Gasteiger partial charge in [-0.25, -0.2) is 13.4 Å². The first-order chi connectivity index (χ1) is 12.0. The number of hydrogen-bond donors (Lipinski definition) is 0. The monoisotopic (exact) mass is 362 g/mol. The van der Waals surface area contributed by atoms with Crippen molar-refractivity contribution in [3.63, 3.8) is 0 Å². The largest absolute Gasteiger partial charge is 0.336 e. The summed E-state index contributed by atoms with van der Waals surface area (Å²) in [4.78, 5) is 17.8. The van der Waals surface area contributed by atoms with E-state index >= 15 is 0 Å². The van der Waals surface area contributed by atoms with Gasteiger partial charge in [0.2, 0.25) is 10.0 Å². The predicted molar refractivity (Wildman–Crippen MR) is 93.9 cm³/mol. The van der Waals surface area contributed by atoms with Crippen molar-refractivity contribution < 1.29 is 13.2 Å². The van der Waals surface area contributed by atoms with Crippen molar-refractivity contribution >= 4 is 15.8 Å². The molecule has 1 aliphatic rings. The van der Waals surface area contributed by atoms with Gasteiger partial charge in [-0.3, -0.25) is 9.69 Å². The number of nitrogens with zero attached hydrogens (tertiary/aromatic N) is 4. The van der Waals surface area contributed by atoms with Crippen LogP contribution >= 0.6 is 0 Å². The van der Waals surface area contributed by atoms with Gasteiger partial charge in [-0.1, -0.05) is 12.1 Å². The topological polar surface area (TPSA) is 75.5 Å². The summed E-state index contributed by atoms with van der Waals surface area (Å²) in [5.41, 5.74) is 0.517. The summed E-state index contributed by atoms with van der Waals surface area (Å²) >= 11 is 0. The minimum Gasteiger partial charge on any atom is -0.336 e. The molecule has 0 saturated carbocycles. The van der Waals surface area contributed by atoms with E-state index in [4.69, 9.17) is 0 Å². The first-order valence-corrected chi connectivity index (χ1v) is 9.70. The fourth-order valence-electron chi connectivity index (χ4n) is 2.88. The maximum absolute atomic E-state index is 12.7. The second-order valence-corrected chi connectivity index (χ2v) is 8.06. The normalized spacial score (nSPS) is 16.8. The Kier molecular flexibility index (Phi) is 5.31. The number of sulfonamides is 1. The van der Waals surface area contributed by atoms with Crippen LogP contribution < -0.4 is 0 Å². The van der Waals surface area contributed by atoms with E-state index in [-0.39, 0.29) is 10.7 Å². The maximum atomic E-state index is 12.7. The molecule has 0 spiro atoms. The summed E-state index contributed by atoms with van der Waals surface area (Å²) < 4.78 is 29.0. The van der Waals surface area contributed by atoms with Crippen LogP contribution in [-0.4, -0.2) is 65.7 Å². The lowest BCUT2D eigenvalue weighted by molar-refractivity contribution is 0.101. The zero-order chi connectivity index (χ0) is 17.9. The number of piperazine rings is 1. The van der Waals surface area contributed by atoms with E-state index in [9.17, 15) is 13.2 Å². The highest BCUT2D eigenvalue weighted by Crippen LogP contribution is 2.18. The van der Waals surface area contributed by atoms with Gasteiger partial charge in [-0.05, 0) is 19.1 Å². The molecule has 0 aliphatic carbocycles. The highest BCUT2D eigenvalue weighted by Gasteiger charge is 2.28. The Hall–Kier alpha value is -2.03. The van der Waals surface area contributed by atoms with Gasteiger partial charge in [0.25, 0.3) is 0 Å². The second kappa shape index (κ2) is 7.47. The molecule has 1 fully saturated rings. The van der Waals surface area contributed by atoms with Crippen molar-refractivity contribution in [2.45, 2.75) is 18.4 Å². The predicted octanol–water partition coefficient (Wildman–Crippen LogP) is 1.09. The van der Waals surface area contributed by atoms with Gasteiger partial charge in [0, 0.05) is 57.2 Å². The number of hydrogen-bond acceptors (Lipinski definition) is 5. The zero-order valence-electron chi connectivity index (χ0n) is 14.2. The van der Waals surface area contributed by atoms with Crippen LogP contribution in [0.2, 0.25) is 0 Å². The molecule has 3 rings (SSSR count). The molecule has 0 unspecified atom stereocenters. The number of imidazole rings is 1. The number of carbonyl (C=O) groups is 1. The Morgan fingerprint density at radius 2 is 1.76 bits per heavy atom. The molecule has 0 atom stereocenters. The van der Waals surface area contributed by atoms with Crippen LogP contribution in [0.5, 0.6) is 0 Å². The Morgan fingerprint density at radius 3 is 2.32 bits per heavy atom. The van der Waals surface area contributed by atoms with Gasteiger partial charge in [0.1, 0.15) is 0 Å². The smallest absolute Gasteiger partial charge is 0.243 e. The summed E-state index contributed by atoms with van der Waals surface area (Å²) in [6, 6.07) is 6.15. The fraction of sp³-hybridized carbons (Fsp3) is 0.412. The number of aromatic nitrogens is 2. The third-order valence-corrected chi connectivity index (χ3v) is 6.38. The van der Waals surface area contributed by atoms with E-state index in [2.05, 4.69) is 9.88 Å². The van der Waals surface area contributed by atoms with E-state index in [0.717, 1.165) is 13.1 Å². The van der Waals surface area contributed by atoms with Crippen molar-refractivity contribution in [2.75, 3.05) is 32.7 Å². The lowest BCUT2D eigenvalue weighted by Gasteiger charge is -2.34. The molecule has 1 aromatic heterocycles. The molecule has 8 heteroatoms. The molecular formula is C17H22N4O3S. The standard InChI is InChI=1S/C17H22N4O3S/c1-15(22)16-2-4-17(5-3-16)25(23,24)21-12-10-19(11-13-21)8-9-20-7-6-18-14-20/h2-7,14H,8-13H2,1H3. The van der Waals surface area contributed by atoms with Gasteiger partial charge in [0.15, 0.2) is 5.78 Å². The third kappa shape index (κ3) is 4.15. The van der Waals surface area contributed by atoms with Crippen molar-refractivity contribution in [3.8, 4) is 0 Å². The van der Waals surface area contributed by atoms with Crippen molar-refractivity contribution in [2.24, 2.45) is 0 Å². The Morgan fingerprint density at radius 1 is 1.08 bits per heavy atom. The quantitative estimate of drug-likeness (QED) is 0.719. The summed E-state index contributed by atoms with van der Waals surface area (Å²) in [6.45, 7) is 5.55. The van der Waals surface area contributed by atoms with Gasteiger partial charge < -0.3 is 4.57 Å². The van der Waals surface area contributed by atoms with Gasteiger partial charge in [0.05, 0.1) is 11.2 Å². The van der Waals surface area contributed by atoms with Crippen molar-refractivity contribution in [1.29, 1.82) is 0 Å². The highest BCUT2D eigenvalue weighted by atomic mass is 32.2. The van der Waals surface area contributed by atoms with Gasteiger partial charge >= 0.3 is 0 Å². The van der Waals surface area contributed by atoms with Crippen LogP contribution in [0.15, 0.2) is 47.9 Å². The highest BCUT2D eigenvalue weighted by molar-refractivity contribution is 7.89. The lowest BCUT2D eigenvalue weighted by atomic mass is 10.2. The van der Waals surface area contributed by atoms with Gasteiger partial charge in [-0.15, -0.1) is 0 Å². The molecule has 1 aromatic carbocycles. The number of rotatable bonds is 6. The molecule has 134 valence electrons. The molecule has 25 heavy (non-hydrogen) atoms. The molecule has 2 heterocycles. The summed E-state index contributed by atoms with van der Waals surface area (Å²) in [7, 11) is -3.51. The summed E-state index contributed by atoms with van der Waals surface area (Å²) in [6.07, 6.45) is 5.46. The lowest BCUT2D eigenvalue weighted by Crippen LogP contribution is -2.49. The Bertz CT molecular complexity index is 808. The van der Waals surface area contributed by atoms with Crippen molar-refractivity contribution in [1.82, 2.24) is 18.8 Å². The minimum atomic E-state index is -3.51. The summed E-state index contributed by atoms with van der Waals surface area (Å²) in [5, 5.41) is 0. The zero-order valence-corrected chi connectivity index (χ0v) is 15.0. The van der Waals surface area contributed by atoms with Crippen LogP contribution in [0.25, 0.3) is 0 Å². The average molecular weight is 362 g/mol. The van der Waals surface area contributed by atoms with Gasteiger partial charge in [-0.2, -0.15) is 4.31 Å². The molecule has 2 aromatic rings. The molecular weight excluding hydrogens is 340 g/mol. The average Bonchev–Trinajstić information content (AvgIpc) is 3.14. The molecule has 1 saturated heterocycles. The molecule has 0 radical (unpaired) electrons. The number of benzene rings is 1. The van der Waals surface area contributed by atoms with Crippen LogP contribution in [0.1, 0.15) is 17.3 Å². The fourth-order valence-corrected chi connectivity index (χ4v) is 4.30. The van der Waals surface area contributed by atoms with Crippen LogP contribution in [-0.2, 0) is 16.6 Å². The van der Waals surface area contributed by atoms with E-state index in [1.807, 2.05) is 10.8 Å².